The smallest absolute Gasteiger partial charge is 0.417 e. The van der Waals surface area contributed by atoms with E-state index >= 15 is 0 Å². The van der Waals surface area contributed by atoms with Crippen LogP contribution in [0.4, 0.5) is 19.0 Å². The van der Waals surface area contributed by atoms with Gasteiger partial charge in [-0.15, -0.1) is 0 Å². The number of alkyl halides is 3. The van der Waals surface area contributed by atoms with Gasteiger partial charge in [0.1, 0.15) is 11.6 Å². The Kier molecular flexibility index (Phi) is 5.59. The Balaban J connectivity index is 1.64. The van der Waals surface area contributed by atoms with Gasteiger partial charge in [-0.25, -0.2) is 4.98 Å². The number of aromatic nitrogens is 1. The SMILES string of the molecule is COc1ccc(Br)c(C(=O)NC2CCN(c3ccc(C(F)(F)F)cn3)C2)c1. The summed E-state index contributed by atoms with van der Waals surface area (Å²) in [6.07, 6.45) is -2.90. The van der Waals surface area contributed by atoms with Gasteiger partial charge < -0.3 is 15.0 Å². The lowest BCUT2D eigenvalue weighted by Gasteiger charge is -2.19. The van der Waals surface area contributed by atoms with Crippen LogP contribution in [0.5, 0.6) is 5.75 Å². The molecule has 9 heteroatoms. The predicted molar refractivity (Wildman–Crippen MR) is 98.0 cm³/mol. The molecule has 1 N–H and O–H groups in total. The average Bonchev–Trinajstić information content (AvgIpc) is 3.10. The number of nitrogens with one attached hydrogen (secondary N) is 1. The van der Waals surface area contributed by atoms with Crippen LogP contribution >= 0.6 is 15.9 Å². The third-order valence-electron chi connectivity index (χ3n) is 4.34. The minimum Gasteiger partial charge on any atom is -0.497 e. The number of amides is 1. The molecule has 1 amide bonds. The van der Waals surface area contributed by atoms with Gasteiger partial charge in [0.2, 0.25) is 0 Å². The van der Waals surface area contributed by atoms with E-state index in [9.17, 15) is 18.0 Å². The number of carbonyl (C=O) groups is 1. The summed E-state index contributed by atoms with van der Waals surface area (Å²) in [5, 5.41) is 2.95. The largest absolute Gasteiger partial charge is 0.497 e. The Labute approximate surface area is 162 Å². The Morgan fingerprint density at radius 3 is 2.74 bits per heavy atom. The molecule has 1 fully saturated rings. The third kappa shape index (κ3) is 4.52. The normalized spacial score (nSPS) is 17.1. The molecular weight excluding hydrogens is 427 g/mol. The van der Waals surface area contributed by atoms with Crippen LogP contribution in [0.2, 0.25) is 0 Å². The van der Waals surface area contributed by atoms with Crippen molar-refractivity contribution in [1.29, 1.82) is 0 Å². The standard InChI is InChI=1S/C18H17BrF3N3O2/c1-27-13-3-4-15(19)14(8-13)17(26)24-12-6-7-25(10-12)16-5-2-11(9-23-16)18(20,21)22/h2-5,8-9,12H,6-7,10H2,1H3,(H,24,26). The van der Waals surface area contributed by atoms with E-state index in [2.05, 4.69) is 26.2 Å². The number of methoxy groups -OCH3 is 1. The quantitative estimate of drug-likeness (QED) is 0.778. The lowest BCUT2D eigenvalue weighted by Crippen LogP contribution is -2.37. The fraction of sp³-hybridized carbons (Fsp3) is 0.333. The molecule has 2 heterocycles. The fourth-order valence-electron chi connectivity index (χ4n) is 2.90. The molecule has 1 aliphatic heterocycles. The predicted octanol–water partition coefficient (Wildman–Crippen LogP) is 3.88. The van der Waals surface area contributed by atoms with Gasteiger partial charge in [-0.2, -0.15) is 13.2 Å². The van der Waals surface area contributed by atoms with E-state index in [0.29, 0.717) is 41.1 Å². The number of hydrogen-bond donors (Lipinski definition) is 1. The zero-order valence-corrected chi connectivity index (χ0v) is 16.0. The maximum atomic E-state index is 12.6. The second kappa shape index (κ2) is 7.75. The fourth-order valence-corrected chi connectivity index (χ4v) is 3.32. The maximum Gasteiger partial charge on any atom is 0.417 e. The third-order valence-corrected chi connectivity index (χ3v) is 5.03. The van der Waals surface area contributed by atoms with Gasteiger partial charge in [0, 0.05) is 29.8 Å². The van der Waals surface area contributed by atoms with E-state index in [-0.39, 0.29) is 11.9 Å². The molecular formula is C18H17BrF3N3O2. The van der Waals surface area contributed by atoms with Crippen LogP contribution in [0, 0.1) is 0 Å². The minimum absolute atomic E-state index is 0.125. The maximum absolute atomic E-state index is 12.6. The Morgan fingerprint density at radius 1 is 1.33 bits per heavy atom. The van der Waals surface area contributed by atoms with Crippen LogP contribution in [0.25, 0.3) is 0 Å². The topological polar surface area (TPSA) is 54.5 Å². The van der Waals surface area contributed by atoms with Crippen molar-refractivity contribution in [2.75, 3.05) is 25.1 Å². The van der Waals surface area contributed by atoms with Crippen LogP contribution in [-0.4, -0.2) is 37.1 Å². The number of carbonyl (C=O) groups excluding carboxylic acids is 1. The monoisotopic (exact) mass is 443 g/mol. The van der Waals surface area contributed by atoms with Gasteiger partial charge in [0.25, 0.3) is 5.91 Å². The molecule has 1 aromatic heterocycles. The van der Waals surface area contributed by atoms with E-state index in [1.807, 2.05) is 4.90 Å². The highest BCUT2D eigenvalue weighted by Gasteiger charge is 2.31. The van der Waals surface area contributed by atoms with Gasteiger partial charge in [0.15, 0.2) is 0 Å². The number of hydrogen-bond acceptors (Lipinski definition) is 4. The van der Waals surface area contributed by atoms with Gasteiger partial charge in [-0.3, -0.25) is 4.79 Å². The number of halogens is 4. The van der Waals surface area contributed by atoms with E-state index in [1.54, 1.807) is 18.2 Å². The summed E-state index contributed by atoms with van der Waals surface area (Å²) < 4.78 is 43.7. The molecule has 1 saturated heterocycles. The molecule has 0 bridgehead atoms. The zero-order valence-electron chi connectivity index (χ0n) is 14.4. The Bertz CT molecular complexity index is 828. The number of rotatable bonds is 4. The Morgan fingerprint density at radius 2 is 2.11 bits per heavy atom. The zero-order chi connectivity index (χ0) is 19.6. The lowest BCUT2D eigenvalue weighted by atomic mass is 10.1. The highest BCUT2D eigenvalue weighted by Crippen LogP contribution is 2.30. The first-order chi connectivity index (χ1) is 12.8. The lowest BCUT2D eigenvalue weighted by molar-refractivity contribution is -0.137. The van der Waals surface area contributed by atoms with E-state index < -0.39 is 11.7 Å². The molecule has 1 aliphatic rings. The van der Waals surface area contributed by atoms with Gasteiger partial charge in [0.05, 0.1) is 18.2 Å². The van der Waals surface area contributed by atoms with Crippen LogP contribution in [0.15, 0.2) is 41.0 Å². The van der Waals surface area contributed by atoms with Crippen molar-refractivity contribution >= 4 is 27.7 Å². The van der Waals surface area contributed by atoms with Crippen LogP contribution in [0.1, 0.15) is 22.3 Å². The van der Waals surface area contributed by atoms with E-state index in [0.717, 1.165) is 12.3 Å². The van der Waals surface area contributed by atoms with Crippen LogP contribution < -0.4 is 15.0 Å². The molecule has 144 valence electrons. The van der Waals surface area contributed by atoms with Crippen molar-refractivity contribution in [2.24, 2.45) is 0 Å². The first-order valence-corrected chi connectivity index (χ1v) is 9.00. The average molecular weight is 444 g/mol. The number of pyridine rings is 1. The molecule has 2 aromatic rings. The van der Waals surface area contributed by atoms with Crippen LogP contribution in [0.3, 0.4) is 0 Å². The highest BCUT2D eigenvalue weighted by molar-refractivity contribution is 9.10. The second-order valence-corrected chi connectivity index (χ2v) is 7.01. The minimum atomic E-state index is -4.41. The first kappa shape index (κ1) is 19.5. The second-order valence-electron chi connectivity index (χ2n) is 6.15. The van der Waals surface area contributed by atoms with Crippen molar-refractivity contribution in [3.63, 3.8) is 0 Å². The summed E-state index contributed by atoms with van der Waals surface area (Å²) in [4.78, 5) is 18.3. The summed E-state index contributed by atoms with van der Waals surface area (Å²) in [5.74, 6) is 0.792. The van der Waals surface area contributed by atoms with E-state index in [4.69, 9.17) is 4.74 Å². The van der Waals surface area contributed by atoms with Crippen molar-refractivity contribution < 1.29 is 22.7 Å². The van der Waals surface area contributed by atoms with Crippen molar-refractivity contribution in [1.82, 2.24) is 10.3 Å². The molecule has 1 aromatic carbocycles. The summed E-state index contributed by atoms with van der Waals surface area (Å²) in [5.41, 5.74) is -0.321. The number of anilines is 1. The number of benzene rings is 1. The van der Waals surface area contributed by atoms with Crippen LogP contribution in [-0.2, 0) is 6.18 Å². The summed E-state index contributed by atoms with van der Waals surface area (Å²) in [6, 6.07) is 7.37. The molecule has 5 nitrogen and oxygen atoms in total. The van der Waals surface area contributed by atoms with Crippen molar-refractivity contribution in [3.8, 4) is 5.75 Å². The van der Waals surface area contributed by atoms with Gasteiger partial charge in [-0.05, 0) is 52.7 Å². The van der Waals surface area contributed by atoms with Crippen molar-refractivity contribution in [3.05, 3.63) is 52.1 Å². The molecule has 1 unspecified atom stereocenters. The summed E-state index contributed by atoms with van der Waals surface area (Å²) in [7, 11) is 1.52. The molecule has 0 saturated carbocycles. The number of ether oxygens (including phenoxy) is 1. The van der Waals surface area contributed by atoms with E-state index in [1.165, 1.54) is 13.2 Å². The molecule has 3 rings (SSSR count). The highest BCUT2D eigenvalue weighted by atomic mass is 79.9. The molecule has 0 spiro atoms. The molecule has 0 radical (unpaired) electrons. The molecule has 0 aliphatic carbocycles. The molecule has 27 heavy (non-hydrogen) atoms. The summed E-state index contributed by atoms with van der Waals surface area (Å²) >= 11 is 3.35. The summed E-state index contributed by atoms with van der Waals surface area (Å²) in [6.45, 7) is 1.08. The van der Waals surface area contributed by atoms with Gasteiger partial charge in [-0.1, -0.05) is 0 Å². The molecule has 1 atom stereocenters. The van der Waals surface area contributed by atoms with Gasteiger partial charge >= 0.3 is 6.18 Å². The Hall–Kier alpha value is -2.29. The first-order valence-electron chi connectivity index (χ1n) is 8.20. The number of nitrogens with zero attached hydrogens (tertiary/aromatic N) is 2. The van der Waals surface area contributed by atoms with Crippen molar-refractivity contribution in [2.45, 2.75) is 18.6 Å².